The van der Waals surface area contributed by atoms with Gasteiger partial charge in [0.15, 0.2) is 5.65 Å². The van der Waals surface area contributed by atoms with Crippen molar-refractivity contribution in [2.45, 2.75) is 12.1 Å². The SMILES string of the molecule is CCOc1nc(F)cc2nc(S(=O)(=O)N(C(=O)COC)c3c(Cl)cccc3Cl)nn12. The number of sulfonamides is 1. The molecule has 0 bridgehead atoms. The van der Waals surface area contributed by atoms with Crippen molar-refractivity contribution in [2.75, 3.05) is 24.6 Å². The predicted octanol–water partition coefficient (Wildman–Crippen LogP) is 2.34. The molecule has 0 saturated heterocycles. The normalized spacial score (nSPS) is 11.6. The molecule has 0 fully saturated rings. The van der Waals surface area contributed by atoms with Crippen molar-refractivity contribution in [2.24, 2.45) is 0 Å². The number of anilines is 1. The molecule has 10 nitrogen and oxygen atoms in total. The number of ether oxygens (including phenoxy) is 2. The zero-order chi connectivity index (χ0) is 22.1. The highest BCUT2D eigenvalue weighted by molar-refractivity contribution is 7.93. The zero-order valence-corrected chi connectivity index (χ0v) is 17.9. The van der Waals surface area contributed by atoms with Gasteiger partial charge in [-0.15, -0.1) is 5.10 Å². The molecule has 0 unspecified atom stereocenters. The Balaban J connectivity index is 2.23. The number of benzene rings is 1. The number of methoxy groups -OCH3 is 1. The minimum Gasteiger partial charge on any atom is -0.464 e. The third-order valence-electron chi connectivity index (χ3n) is 3.62. The maximum atomic E-state index is 13.7. The van der Waals surface area contributed by atoms with Gasteiger partial charge in [-0.05, 0) is 19.1 Å². The summed E-state index contributed by atoms with van der Waals surface area (Å²) in [7, 11) is -3.53. The van der Waals surface area contributed by atoms with Crippen molar-refractivity contribution < 1.29 is 27.1 Å². The molecule has 0 spiro atoms. The van der Waals surface area contributed by atoms with Gasteiger partial charge in [0.1, 0.15) is 6.61 Å². The van der Waals surface area contributed by atoms with Crippen LogP contribution in [-0.2, 0) is 19.6 Å². The average Bonchev–Trinajstić information content (AvgIpc) is 3.10. The number of carbonyl (C=O) groups is 1. The van der Waals surface area contributed by atoms with Crippen molar-refractivity contribution in [3.05, 3.63) is 40.3 Å². The third kappa shape index (κ3) is 4.03. The Morgan fingerprint density at radius 2 is 1.93 bits per heavy atom. The van der Waals surface area contributed by atoms with Crippen LogP contribution >= 0.6 is 23.2 Å². The molecule has 0 aliphatic carbocycles. The summed E-state index contributed by atoms with van der Waals surface area (Å²) in [6.07, 6.45) is 0. The van der Waals surface area contributed by atoms with Crippen molar-refractivity contribution in [3.63, 3.8) is 0 Å². The van der Waals surface area contributed by atoms with Gasteiger partial charge in [-0.2, -0.15) is 31.6 Å². The van der Waals surface area contributed by atoms with Crippen LogP contribution < -0.4 is 9.04 Å². The molecule has 30 heavy (non-hydrogen) atoms. The maximum Gasteiger partial charge on any atom is 0.322 e. The maximum absolute atomic E-state index is 13.7. The Morgan fingerprint density at radius 3 is 2.53 bits per heavy atom. The highest BCUT2D eigenvalue weighted by Crippen LogP contribution is 2.36. The van der Waals surface area contributed by atoms with Gasteiger partial charge >= 0.3 is 16.0 Å². The summed E-state index contributed by atoms with van der Waals surface area (Å²) >= 11 is 12.2. The monoisotopic (exact) mass is 477 g/mol. The molecule has 3 rings (SSSR count). The van der Waals surface area contributed by atoms with Crippen molar-refractivity contribution in [3.8, 4) is 6.01 Å². The number of fused-ring (bicyclic) bond motifs is 1. The van der Waals surface area contributed by atoms with Crippen LogP contribution in [0, 0.1) is 5.95 Å². The standard InChI is InChI=1S/C16H14Cl2FN5O5S/c1-3-29-16-20-11(19)7-12-21-15(22-23(12)16)30(26,27)24(13(25)8-28-2)14-9(17)5-4-6-10(14)18/h4-7H,3,8H2,1-2H3. The topological polar surface area (TPSA) is 116 Å². The fourth-order valence-electron chi connectivity index (χ4n) is 2.47. The molecule has 0 saturated carbocycles. The fraction of sp³-hybridized carbons (Fsp3) is 0.250. The first-order chi connectivity index (χ1) is 14.2. The number of halogens is 3. The van der Waals surface area contributed by atoms with Crippen LogP contribution in [-0.4, -0.2) is 54.2 Å². The molecule has 2 heterocycles. The van der Waals surface area contributed by atoms with E-state index in [9.17, 15) is 17.6 Å². The molecule has 0 aliphatic rings. The molecule has 0 radical (unpaired) electrons. The van der Waals surface area contributed by atoms with Gasteiger partial charge < -0.3 is 9.47 Å². The van der Waals surface area contributed by atoms with E-state index in [0.717, 1.165) is 10.6 Å². The van der Waals surface area contributed by atoms with Crippen LogP contribution in [0.4, 0.5) is 10.1 Å². The lowest BCUT2D eigenvalue weighted by molar-refractivity contribution is -0.120. The quantitative estimate of drug-likeness (QED) is 0.476. The molecule has 0 atom stereocenters. The summed E-state index contributed by atoms with van der Waals surface area (Å²) < 4.78 is 51.6. The highest BCUT2D eigenvalue weighted by Gasteiger charge is 2.37. The number of nitrogens with zero attached hydrogens (tertiary/aromatic N) is 5. The van der Waals surface area contributed by atoms with Gasteiger partial charge in [-0.1, -0.05) is 29.3 Å². The first kappa shape index (κ1) is 22.2. The number of para-hydroxylation sites is 1. The van der Waals surface area contributed by atoms with Gasteiger partial charge in [0.25, 0.3) is 11.1 Å². The second-order valence-electron chi connectivity index (χ2n) is 5.63. The van der Waals surface area contributed by atoms with E-state index in [-0.39, 0.29) is 34.0 Å². The van der Waals surface area contributed by atoms with E-state index >= 15 is 0 Å². The van der Waals surface area contributed by atoms with Crippen molar-refractivity contribution >= 4 is 50.5 Å². The summed E-state index contributed by atoms with van der Waals surface area (Å²) in [6.45, 7) is 1.13. The lowest BCUT2D eigenvalue weighted by Gasteiger charge is -2.22. The molecule has 160 valence electrons. The molecule has 3 aromatic rings. The van der Waals surface area contributed by atoms with E-state index < -0.39 is 33.6 Å². The van der Waals surface area contributed by atoms with Crippen LogP contribution in [0.2, 0.25) is 10.0 Å². The van der Waals surface area contributed by atoms with E-state index in [1.807, 2.05) is 0 Å². The number of hydrogen-bond donors (Lipinski definition) is 0. The zero-order valence-electron chi connectivity index (χ0n) is 15.5. The van der Waals surface area contributed by atoms with E-state index in [1.165, 1.54) is 25.3 Å². The van der Waals surface area contributed by atoms with Crippen LogP contribution in [0.5, 0.6) is 6.01 Å². The molecular weight excluding hydrogens is 464 g/mol. The Kier molecular flexibility index (Phi) is 6.41. The Hall–Kier alpha value is -2.54. The summed E-state index contributed by atoms with van der Waals surface area (Å²) in [6, 6.07) is 4.74. The Morgan fingerprint density at radius 1 is 1.27 bits per heavy atom. The summed E-state index contributed by atoms with van der Waals surface area (Å²) in [4.78, 5) is 20.0. The first-order valence-electron chi connectivity index (χ1n) is 8.28. The molecular formula is C16H14Cl2FN5O5S. The predicted molar refractivity (Wildman–Crippen MR) is 105 cm³/mol. The number of carbonyl (C=O) groups excluding carboxylic acids is 1. The molecule has 0 aliphatic heterocycles. The number of amides is 1. The van der Waals surface area contributed by atoms with Crippen LogP contribution in [0.3, 0.4) is 0 Å². The minimum absolute atomic E-state index is 0.109. The van der Waals surface area contributed by atoms with Gasteiger partial charge in [0, 0.05) is 13.2 Å². The lowest BCUT2D eigenvalue weighted by atomic mass is 10.3. The van der Waals surface area contributed by atoms with Crippen LogP contribution in [0.15, 0.2) is 29.4 Å². The molecule has 14 heteroatoms. The Bertz CT molecular complexity index is 1200. The summed E-state index contributed by atoms with van der Waals surface area (Å²) in [5, 5.41) is 2.79. The van der Waals surface area contributed by atoms with E-state index in [0.29, 0.717) is 4.31 Å². The minimum atomic E-state index is -4.74. The van der Waals surface area contributed by atoms with Crippen molar-refractivity contribution in [1.82, 2.24) is 19.6 Å². The fourth-order valence-corrected chi connectivity index (χ4v) is 4.46. The molecule has 1 amide bonds. The van der Waals surface area contributed by atoms with Gasteiger partial charge in [-0.3, -0.25) is 4.79 Å². The second-order valence-corrected chi connectivity index (χ2v) is 8.12. The van der Waals surface area contributed by atoms with Gasteiger partial charge in [0.2, 0.25) is 5.95 Å². The Labute approximate surface area is 180 Å². The van der Waals surface area contributed by atoms with E-state index in [4.69, 9.17) is 32.7 Å². The highest BCUT2D eigenvalue weighted by atomic mass is 35.5. The molecule has 2 aromatic heterocycles. The van der Waals surface area contributed by atoms with Crippen molar-refractivity contribution in [1.29, 1.82) is 0 Å². The second kappa shape index (κ2) is 8.68. The molecule has 0 N–H and O–H groups in total. The average molecular weight is 478 g/mol. The van der Waals surface area contributed by atoms with Gasteiger partial charge in [0.05, 0.1) is 22.3 Å². The third-order valence-corrected chi connectivity index (χ3v) is 5.74. The molecule has 1 aromatic carbocycles. The largest absolute Gasteiger partial charge is 0.464 e. The first-order valence-corrected chi connectivity index (χ1v) is 10.5. The summed E-state index contributed by atoms with van der Waals surface area (Å²) in [5.41, 5.74) is -0.495. The van der Waals surface area contributed by atoms with Gasteiger partial charge in [-0.25, -0.2) is 0 Å². The lowest BCUT2D eigenvalue weighted by Crippen LogP contribution is -2.40. The smallest absolute Gasteiger partial charge is 0.322 e. The number of hydrogen-bond acceptors (Lipinski definition) is 8. The van der Waals surface area contributed by atoms with Crippen LogP contribution in [0.25, 0.3) is 5.65 Å². The number of aromatic nitrogens is 4. The van der Waals surface area contributed by atoms with E-state index in [2.05, 4.69) is 15.1 Å². The van der Waals surface area contributed by atoms with E-state index in [1.54, 1.807) is 6.92 Å². The number of rotatable bonds is 7. The van der Waals surface area contributed by atoms with Crippen LogP contribution in [0.1, 0.15) is 6.92 Å². The summed E-state index contributed by atoms with van der Waals surface area (Å²) in [5.74, 6) is -1.95.